The van der Waals surface area contributed by atoms with Gasteiger partial charge in [-0.3, -0.25) is 4.79 Å². The molecular formula is C15H18ClNO3S. The van der Waals surface area contributed by atoms with E-state index in [1.165, 1.54) is 11.8 Å². The van der Waals surface area contributed by atoms with Crippen molar-refractivity contribution < 1.29 is 14.7 Å². The highest BCUT2D eigenvalue weighted by Gasteiger charge is 2.48. The standard InChI is InChI=1S/C15H18ClNO3S/c1-15(14(19)20,11-4-5-11)17-13(18)9-21-8-10-2-6-12(16)7-3-10/h2-3,6-7,11H,4-5,8-9H2,1H3,(H,17,18)(H,19,20). The van der Waals surface area contributed by atoms with Crippen LogP contribution in [0.4, 0.5) is 0 Å². The molecule has 0 radical (unpaired) electrons. The maximum Gasteiger partial charge on any atom is 0.329 e. The molecule has 6 heteroatoms. The average Bonchev–Trinajstić information content (AvgIpc) is 3.25. The van der Waals surface area contributed by atoms with Crippen LogP contribution >= 0.6 is 23.4 Å². The second-order valence-electron chi connectivity index (χ2n) is 5.45. The summed E-state index contributed by atoms with van der Waals surface area (Å²) in [4.78, 5) is 23.3. The molecule has 1 saturated carbocycles. The molecule has 21 heavy (non-hydrogen) atoms. The van der Waals surface area contributed by atoms with Gasteiger partial charge in [0.1, 0.15) is 5.54 Å². The molecule has 1 amide bonds. The number of amides is 1. The first-order valence-corrected chi connectivity index (χ1v) is 8.31. The first-order chi connectivity index (χ1) is 9.91. The Hall–Kier alpha value is -1.20. The molecule has 2 rings (SSSR count). The molecule has 2 N–H and O–H groups in total. The molecule has 0 aliphatic heterocycles. The van der Waals surface area contributed by atoms with Crippen molar-refractivity contribution in [1.82, 2.24) is 5.32 Å². The van der Waals surface area contributed by atoms with Gasteiger partial charge in [-0.1, -0.05) is 23.7 Å². The van der Waals surface area contributed by atoms with E-state index in [1.54, 1.807) is 6.92 Å². The Kier molecular flexibility index (Phi) is 5.17. The van der Waals surface area contributed by atoms with E-state index in [2.05, 4.69) is 5.32 Å². The van der Waals surface area contributed by atoms with Crippen LogP contribution in [0.15, 0.2) is 24.3 Å². The van der Waals surface area contributed by atoms with Crippen molar-refractivity contribution in [1.29, 1.82) is 0 Å². The number of hydrogen-bond acceptors (Lipinski definition) is 3. The molecule has 0 bridgehead atoms. The van der Waals surface area contributed by atoms with Crippen molar-refractivity contribution in [2.45, 2.75) is 31.1 Å². The van der Waals surface area contributed by atoms with E-state index < -0.39 is 11.5 Å². The molecule has 1 aromatic carbocycles. The summed E-state index contributed by atoms with van der Waals surface area (Å²) >= 11 is 7.26. The molecule has 1 unspecified atom stereocenters. The summed E-state index contributed by atoms with van der Waals surface area (Å²) in [6.07, 6.45) is 1.72. The Bertz CT molecular complexity index is 530. The van der Waals surface area contributed by atoms with Gasteiger partial charge in [-0.2, -0.15) is 0 Å². The highest BCUT2D eigenvalue weighted by Crippen LogP contribution is 2.39. The smallest absolute Gasteiger partial charge is 0.329 e. The molecule has 1 atom stereocenters. The third-order valence-corrected chi connectivity index (χ3v) is 4.91. The van der Waals surface area contributed by atoms with Crippen molar-refractivity contribution in [2.24, 2.45) is 5.92 Å². The molecule has 0 saturated heterocycles. The summed E-state index contributed by atoms with van der Waals surface area (Å²) in [7, 11) is 0. The Labute approximate surface area is 133 Å². The highest BCUT2D eigenvalue weighted by atomic mass is 35.5. The monoisotopic (exact) mass is 327 g/mol. The van der Waals surface area contributed by atoms with Gasteiger partial charge in [0.05, 0.1) is 5.75 Å². The van der Waals surface area contributed by atoms with Crippen LogP contribution in [0.5, 0.6) is 0 Å². The van der Waals surface area contributed by atoms with Gasteiger partial charge in [0.2, 0.25) is 5.91 Å². The SMILES string of the molecule is CC(NC(=O)CSCc1ccc(Cl)cc1)(C(=O)O)C1CC1. The number of carbonyl (C=O) groups excluding carboxylic acids is 1. The molecule has 4 nitrogen and oxygen atoms in total. The number of nitrogens with one attached hydrogen (secondary N) is 1. The van der Waals surface area contributed by atoms with Crippen LogP contribution in [0.2, 0.25) is 5.02 Å². The van der Waals surface area contributed by atoms with Crippen LogP contribution in [0, 0.1) is 5.92 Å². The van der Waals surface area contributed by atoms with Crippen molar-refractivity contribution in [2.75, 3.05) is 5.75 Å². The minimum Gasteiger partial charge on any atom is -0.480 e. The lowest BCUT2D eigenvalue weighted by Crippen LogP contribution is -2.54. The summed E-state index contributed by atoms with van der Waals surface area (Å²) < 4.78 is 0. The molecule has 1 aliphatic carbocycles. The second kappa shape index (κ2) is 6.71. The number of thioether (sulfide) groups is 1. The Morgan fingerprint density at radius 3 is 2.52 bits per heavy atom. The van der Waals surface area contributed by atoms with Gasteiger partial charge in [-0.05, 0) is 43.4 Å². The summed E-state index contributed by atoms with van der Waals surface area (Å²) in [6, 6.07) is 7.45. The van der Waals surface area contributed by atoms with Crippen molar-refractivity contribution in [3.63, 3.8) is 0 Å². The number of hydrogen-bond donors (Lipinski definition) is 2. The van der Waals surface area contributed by atoms with Crippen molar-refractivity contribution in [3.8, 4) is 0 Å². The second-order valence-corrected chi connectivity index (χ2v) is 6.87. The maximum absolute atomic E-state index is 11.9. The Balaban J connectivity index is 1.79. The van der Waals surface area contributed by atoms with E-state index in [1.807, 2.05) is 24.3 Å². The first kappa shape index (κ1) is 16.2. The van der Waals surface area contributed by atoms with Gasteiger partial charge >= 0.3 is 5.97 Å². The van der Waals surface area contributed by atoms with E-state index >= 15 is 0 Å². The molecular weight excluding hydrogens is 310 g/mol. The number of carboxylic acids is 1. The topological polar surface area (TPSA) is 66.4 Å². The van der Waals surface area contributed by atoms with Gasteiger partial charge < -0.3 is 10.4 Å². The lowest BCUT2D eigenvalue weighted by molar-refractivity contribution is -0.147. The molecule has 0 spiro atoms. The third-order valence-electron chi connectivity index (χ3n) is 3.65. The van der Waals surface area contributed by atoms with Crippen LogP contribution in [-0.2, 0) is 15.3 Å². The lowest BCUT2D eigenvalue weighted by Gasteiger charge is -2.26. The highest BCUT2D eigenvalue weighted by molar-refractivity contribution is 7.99. The minimum absolute atomic E-state index is 0.0558. The van der Waals surface area contributed by atoms with Crippen LogP contribution in [0.3, 0.4) is 0 Å². The predicted octanol–water partition coefficient (Wildman–Crippen LogP) is 2.94. The number of rotatable bonds is 7. The first-order valence-electron chi connectivity index (χ1n) is 6.78. The van der Waals surface area contributed by atoms with Gasteiger partial charge in [-0.25, -0.2) is 4.79 Å². The van der Waals surface area contributed by atoms with E-state index in [-0.39, 0.29) is 17.6 Å². The van der Waals surface area contributed by atoms with Crippen LogP contribution in [0.1, 0.15) is 25.3 Å². The van der Waals surface area contributed by atoms with E-state index in [9.17, 15) is 14.7 Å². The lowest BCUT2D eigenvalue weighted by atomic mass is 9.96. The van der Waals surface area contributed by atoms with Crippen LogP contribution in [0.25, 0.3) is 0 Å². The fourth-order valence-corrected chi connectivity index (χ4v) is 3.07. The quantitative estimate of drug-likeness (QED) is 0.808. The summed E-state index contributed by atoms with van der Waals surface area (Å²) in [6.45, 7) is 1.59. The largest absolute Gasteiger partial charge is 0.480 e. The van der Waals surface area contributed by atoms with Crippen LogP contribution in [-0.4, -0.2) is 28.3 Å². The van der Waals surface area contributed by atoms with Crippen molar-refractivity contribution in [3.05, 3.63) is 34.9 Å². The zero-order valence-corrected chi connectivity index (χ0v) is 13.3. The van der Waals surface area contributed by atoms with Crippen molar-refractivity contribution >= 4 is 35.2 Å². The van der Waals surface area contributed by atoms with E-state index in [0.29, 0.717) is 10.8 Å². The minimum atomic E-state index is -1.13. The molecule has 0 heterocycles. The zero-order valence-electron chi connectivity index (χ0n) is 11.8. The fraction of sp³-hybridized carbons (Fsp3) is 0.467. The van der Waals surface area contributed by atoms with Gasteiger partial charge in [0.25, 0.3) is 0 Å². The predicted molar refractivity (Wildman–Crippen MR) is 84.5 cm³/mol. The number of benzene rings is 1. The number of carbonyl (C=O) groups is 2. The van der Waals surface area contributed by atoms with Gasteiger partial charge in [-0.15, -0.1) is 11.8 Å². The van der Waals surface area contributed by atoms with Gasteiger partial charge in [0.15, 0.2) is 0 Å². The molecule has 1 aromatic rings. The fourth-order valence-electron chi connectivity index (χ4n) is 2.16. The number of halogens is 1. The zero-order chi connectivity index (χ0) is 15.5. The molecule has 1 fully saturated rings. The Morgan fingerprint density at radius 2 is 2.00 bits per heavy atom. The third kappa shape index (κ3) is 4.38. The summed E-state index contributed by atoms with van der Waals surface area (Å²) in [5.74, 6) is -0.192. The van der Waals surface area contributed by atoms with E-state index in [0.717, 1.165) is 18.4 Å². The normalized spacial score (nSPS) is 17.0. The van der Waals surface area contributed by atoms with Crippen LogP contribution < -0.4 is 5.32 Å². The Morgan fingerprint density at radius 1 is 1.38 bits per heavy atom. The summed E-state index contributed by atoms with van der Waals surface area (Å²) in [5, 5.41) is 12.6. The molecule has 1 aliphatic rings. The number of aliphatic carboxylic acids is 1. The maximum atomic E-state index is 11.9. The van der Waals surface area contributed by atoms with E-state index in [4.69, 9.17) is 11.6 Å². The average molecular weight is 328 g/mol. The summed E-state index contributed by atoms with van der Waals surface area (Å²) in [5.41, 5.74) is -0.0434. The van der Waals surface area contributed by atoms with Gasteiger partial charge in [0, 0.05) is 10.8 Å². The molecule has 0 aromatic heterocycles. The number of carboxylic acid groups (broad SMARTS) is 1. The molecule has 114 valence electrons.